The normalized spacial score (nSPS) is 12.0. The van der Waals surface area contributed by atoms with Crippen molar-refractivity contribution in [1.29, 1.82) is 0 Å². The van der Waals surface area contributed by atoms with Gasteiger partial charge in [0, 0.05) is 13.5 Å². The molecule has 0 aromatic heterocycles. The summed E-state index contributed by atoms with van der Waals surface area (Å²) in [7, 11) is 3.20. The zero-order chi connectivity index (χ0) is 12.8. The number of carbonyl (C=O) groups excluding carboxylic acids is 1. The highest BCUT2D eigenvalue weighted by Gasteiger charge is 2.11. The van der Waals surface area contributed by atoms with Crippen molar-refractivity contribution in [3.05, 3.63) is 29.3 Å². The number of benzene rings is 1. The molecule has 0 aliphatic rings. The average Bonchev–Trinajstić information content (AvgIpc) is 2.35. The Balaban J connectivity index is 2.66. The molecular formula is C13H19NO3. The molecule has 0 aliphatic heterocycles. The van der Waals surface area contributed by atoms with E-state index in [0.29, 0.717) is 12.8 Å². The third kappa shape index (κ3) is 3.75. The number of hydrogen-bond donors (Lipinski definition) is 2. The van der Waals surface area contributed by atoms with Crippen molar-refractivity contribution >= 4 is 5.91 Å². The number of ether oxygens (including phenoxy) is 1. The van der Waals surface area contributed by atoms with Gasteiger partial charge < -0.3 is 15.2 Å². The molecule has 0 aliphatic carbocycles. The number of aryl methyl sites for hydroxylation is 1. The minimum absolute atomic E-state index is 0.0608. The van der Waals surface area contributed by atoms with Gasteiger partial charge in [-0.1, -0.05) is 6.07 Å². The fourth-order valence-electron chi connectivity index (χ4n) is 1.67. The molecule has 17 heavy (non-hydrogen) atoms. The van der Waals surface area contributed by atoms with Gasteiger partial charge in [0.15, 0.2) is 0 Å². The molecule has 2 N–H and O–H groups in total. The maximum atomic E-state index is 11.1. The number of amides is 1. The second-order valence-electron chi connectivity index (χ2n) is 3.96. The average molecular weight is 237 g/mol. The minimum Gasteiger partial charge on any atom is -0.496 e. The summed E-state index contributed by atoms with van der Waals surface area (Å²) >= 11 is 0. The summed E-state index contributed by atoms with van der Waals surface area (Å²) < 4.78 is 5.15. The van der Waals surface area contributed by atoms with E-state index in [2.05, 4.69) is 5.32 Å². The number of methoxy groups -OCH3 is 1. The maximum absolute atomic E-state index is 11.1. The Kier molecular flexibility index (Phi) is 4.97. The molecule has 0 spiro atoms. The lowest BCUT2D eigenvalue weighted by atomic mass is 10.0. The lowest BCUT2D eigenvalue weighted by molar-refractivity contribution is -0.121. The molecule has 1 aromatic carbocycles. The number of nitrogens with one attached hydrogen (secondary N) is 1. The van der Waals surface area contributed by atoms with Crippen LogP contribution in [0.5, 0.6) is 5.75 Å². The summed E-state index contributed by atoms with van der Waals surface area (Å²) in [5.74, 6) is 0.738. The molecule has 0 radical (unpaired) electrons. The summed E-state index contributed by atoms with van der Waals surface area (Å²) in [5.41, 5.74) is 1.79. The van der Waals surface area contributed by atoms with Crippen LogP contribution in [0.1, 0.15) is 30.1 Å². The molecule has 1 aromatic rings. The van der Waals surface area contributed by atoms with Crippen molar-refractivity contribution in [2.45, 2.75) is 25.9 Å². The molecule has 1 atom stereocenters. The third-order valence-corrected chi connectivity index (χ3v) is 2.73. The van der Waals surface area contributed by atoms with Crippen LogP contribution in [0.15, 0.2) is 18.2 Å². The second-order valence-corrected chi connectivity index (χ2v) is 3.96. The number of rotatable bonds is 5. The Morgan fingerprint density at radius 2 is 2.24 bits per heavy atom. The lowest BCUT2D eigenvalue weighted by Gasteiger charge is -2.12. The molecule has 0 heterocycles. The van der Waals surface area contributed by atoms with Gasteiger partial charge in [0.25, 0.3) is 0 Å². The Bertz CT molecular complexity index is 390. The van der Waals surface area contributed by atoms with E-state index in [4.69, 9.17) is 4.74 Å². The van der Waals surface area contributed by atoms with Crippen LogP contribution in [0.3, 0.4) is 0 Å². The van der Waals surface area contributed by atoms with Gasteiger partial charge in [-0.05, 0) is 36.6 Å². The molecule has 0 saturated carbocycles. The third-order valence-electron chi connectivity index (χ3n) is 2.73. The molecule has 1 unspecified atom stereocenters. The Morgan fingerprint density at radius 1 is 1.53 bits per heavy atom. The van der Waals surface area contributed by atoms with Crippen LogP contribution in [-0.2, 0) is 4.79 Å². The largest absolute Gasteiger partial charge is 0.496 e. The number of aliphatic hydroxyl groups is 1. The quantitative estimate of drug-likeness (QED) is 0.817. The first-order valence-corrected chi connectivity index (χ1v) is 5.61. The monoisotopic (exact) mass is 237 g/mol. The van der Waals surface area contributed by atoms with Gasteiger partial charge in [-0.15, -0.1) is 0 Å². The number of aliphatic hydroxyl groups excluding tert-OH is 1. The highest BCUT2D eigenvalue weighted by molar-refractivity contribution is 5.75. The van der Waals surface area contributed by atoms with Crippen LogP contribution < -0.4 is 10.1 Å². The smallest absolute Gasteiger partial charge is 0.219 e. The van der Waals surface area contributed by atoms with Gasteiger partial charge in [-0.2, -0.15) is 0 Å². The van der Waals surface area contributed by atoms with Crippen LogP contribution in [0, 0.1) is 6.92 Å². The van der Waals surface area contributed by atoms with Crippen molar-refractivity contribution < 1.29 is 14.6 Å². The first kappa shape index (κ1) is 13.5. The summed E-state index contributed by atoms with van der Waals surface area (Å²) in [6.45, 7) is 1.92. The van der Waals surface area contributed by atoms with E-state index in [1.165, 1.54) is 0 Å². The van der Waals surface area contributed by atoms with Crippen LogP contribution in [0.2, 0.25) is 0 Å². The Morgan fingerprint density at radius 3 is 2.76 bits per heavy atom. The highest BCUT2D eigenvalue weighted by atomic mass is 16.5. The molecule has 0 bridgehead atoms. The van der Waals surface area contributed by atoms with Crippen molar-refractivity contribution in [3.63, 3.8) is 0 Å². The van der Waals surface area contributed by atoms with Gasteiger partial charge in [0.05, 0.1) is 13.2 Å². The second kappa shape index (κ2) is 6.25. The van der Waals surface area contributed by atoms with Crippen LogP contribution in [0.25, 0.3) is 0 Å². The summed E-state index contributed by atoms with van der Waals surface area (Å²) in [6.07, 6.45) is 0.130. The van der Waals surface area contributed by atoms with Crippen LogP contribution in [-0.4, -0.2) is 25.2 Å². The fourth-order valence-corrected chi connectivity index (χ4v) is 1.67. The molecule has 4 heteroatoms. The van der Waals surface area contributed by atoms with E-state index in [1.54, 1.807) is 14.2 Å². The summed E-state index contributed by atoms with van der Waals surface area (Å²) in [6, 6.07) is 5.53. The predicted octanol–water partition coefficient (Wildman–Crippen LogP) is 1.56. The summed E-state index contributed by atoms with van der Waals surface area (Å²) in [4.78, 5) is 11.1. The first-order valence-electron chi connectivity index (χ1n) is 5.61. The SMILES string of the molecule is CNC(=O)CCC(O)c1ccc(OC)c(C)c1. The molecule has 94 valence electrons. The Labute approximate surface area is 102 Å². The number of hydrogen-bond acceptors (Lipinski definition) is 3. The van der Waals surface area contributed by atoms with E-state index in [1.807, 2.05) is 25.1 Å². The van der Waals surface area contributed by atoms with E-state index < -0.39 is 6.10 Å². The van der Waals surface area contributed by atoms with E-state index >= 15 is 0 Å². The van der Waals surface area contributed by atoms with Gasteiger partial charge in [0.1, 0.15) is 5.75 Å². The van der Waals surface area contributed by atoms with Crippen molar-refractivity contribution in [2.75, 3.05) is 14.2 Å². The number of carbonyl (C=O) groups is 1. The van der Waals surface area contributed by atoms with Crippen molar-refractivity contribution in [2.24, 2.45) is 0 Å². The topological polar surface area (TPSA) is 58.6 Å². The molecular weight excluding hydrogens is 218 g/mol. The molecule has 0 fully saturated rings. The molecule has 1 amide bonds. The Hall–Kier alpha value is -1.55. The first-order chi connectivity index (χ1) is 8.08. The lowest BCUT2D eigenvalue weighted by Crippen LogP contribution is -2.18. The molecule has 4 nitrogen and oxygen atoms in total. The molecule has 1 rings (SSSR count). The van der Waals surface area contributed by atoms with E-state index in [-0.39, 0.29) is 5.91 Å². The van der Waals surface area contributed by atoms with Crippen LogP contribution >= 0.6 is 0 Å². The van der Waals surface area contributed by atoms with Gasteiger partial charge in [-0.3, -0.25) is 4.79 Å². The van der Waals surface area contributed by atoms with Gasteiger partial charge >= 0.3 is 0 Å². The standard InChI is InChI=1S/C13H19NO3/c1-9-8-10(4-6-12(9)17-3)11(15)5-7-13(16)14-2/h4,6,8,11,15H,5,7H2,1-3H3,(H,14,16). The molecule has 0 saturated heterocycles. The van der Waals surface area contributed by atoms with Crippen LogP contribution in [0.4, 0.5) is 0 Å². The minimum atomic E-state index is -0.614. The van der Waals surface area contributed by atoms with Gasteiger partial charge in [-0.25, -0.2) is 0 Å². The highest BCUT2D eigenvalue weighted by Crippen LogP contribution is 2.24. The van der Waals surface area contributed by atoms with E-state index in [9.17, 15) is 9.90 Å². The fraction of sp³-hybridized carbons (Fsp3) is 0.462. The van der Waals surface area contributed by atoms with E-state index in [0.717, 1.165) is 16.9 Å². The maximum Gasteiger partial charge on any atom is 0.219 e. The zero-order valence-corrected chi connectivity index (χ0v) is 10.5. The van der Waals surface area contributed by atoms with Crippen molar-refractivity contribution in [1.82, 2.24) is 5.32 Å². The van der Waals surface area contributed by atoms with Crippen molar-refractivity contribution in [3.8, 4) is 5.75 Å². The summed E-state index contributed by atoms with van der Waals surface area (Å²) in [5, 5.41) is 12.5. The zero-order valence-electron chi connectivity index (χ0n) is 10.5. The van der Waals surface area contributed by atoms with Gasteiger partial charge in [0.2, 0.25) is 5.91 Å². The predicted molar refractivity (Wildman–Crippen MR) is 66.0 cm³/mol.